The SMILES string of the molecule is O=S(=O)(CCCN1CCN(Cc2ccc(C(F)(F)F)cc2)CC1)c1ccc(F)cc1. The standard InChI is InChI=1S/C21H24F4N2O2S/c22-19-6-8-20(9-7-19)30(28,29)15-1-10-26-11-13-27(14-12-26)16-17-2-4-18(5-3-17)21(23,24)25/h2-9H,1,10-16H2. The summed E-state index contributed by atoms with van der Waals surface area (Å²) >= 11 is 0. The van der Waals surface area contributed by atoms with E-state index in [2.05, 4.69) is 9.80 Å². The molecule has 2 aromatic carbocycles. The molecule has 0 aromatic heterocycles. The normalized spacial score (nSPS) is 16.7. The van der Waals surface area contributed by atoms with Gasteiger partial charge in [-0.3, -0.25) is 4.90 Å². The summed E-state index contributed by atoms with van der Waals surface area (Å²) in [4.78, 5) is 4.49. The highest BCUT2D eigenvalue weighted by atomic mass is 32.2. The van der Waals surface area contributed by atoms with Crippen molar-refractivity contribution in [1.82, 2.24) is 9.80 Å². The molecule has 1 fully saturated rings. The minimum absolute atomic E-state index is 0.00437. The summed E-state index contributed by atoms with van der Waals surface area (Å²) in [7, 11) is -3.43. The van der Waals surface area contributed by atoms with Crippen molar-refractivity contribution in [3.8, 4) is 0 Å². The average molecular weight is 444 g/mol. The average Bonchev–Trinajstić information content (AvgIpc) is 2.69. The van der Waals surface area contributed by atoms with E-state index in [0.717, 1.165) is 56.0 Å². The zero-order valence-electron chi connectivity index (χ0n) is 16.4. The molecule has 3 rings (SSSR count). The van der Waals surface area contributed by atoms with Crippen LogP contribution >= 0.6 is 0 Å². The molecule has 0 radical (unpaired) electrons. The predicted octanol–water partition coefficient (Wildman–Crippen LogP) is 3.83. The number of benzene rings is 2. The smallest absolute Gasteiger partial charge is 0.301 e. The molecule has 0 unspecified atom stereocenters. The van der Waals surface area contributed by atoms with Gasteiger partial charge >= 0.3 is 6.18 Å². The lowest BCUT2D eigenvalue weighted by atomic mass is 10.1. The van der Waals surface area contributed by atoms with E-state index in [9.17, 15) is 26.0 Å². The van der Waals surface area contributed by atoms with Gasteiger partial charge in [-0.25, -0.2) is 12.8 Å². The van der Waals surface area contributed by atoms with Crippen LogP contribution in [-0.2, 0) is 22.6 Å². The van der Waals surface area contributed by atoms with Crippen LogP contribution in [0.15, 0.2) is 53.4 Å². The summed E-state index contributed by atoms with van der Waals surface area (Å²) in [5.74, 6) is -0.465. The van der Waals surface area contributed by atoms with Gasteiger partial charge in [0.2, 0.25) is 0 Å². The van der Waals surface area contributed by atoms with Gasteiger partial charge in [0, 0.05) is 32.7 Å². The largest absolute Gasteiger partial charge is 0.416 e. The van der Waals surface area contributed by atoms with Gasteiger partial charge in [0.15, 0.2) is 9.84 Å². The van der Waals surface area contributed by atoms with Gasteiger partial charge < -0.3 is 4.90 Å². The first-order valence-electron chi connectivity index (χ1n) is 9.73. The molecule has 1 aliphatic rings. The molecule has 4 nitrogen and oxygen atoms in total. The molecule has 0 bridgehead atoms. The Balaban J connectivity index is 1.41. The molecule has 30 heavy (non-hydrogen) atoms. The Labute approximate surface area is 174 Å². The molecule has 2 aromatic rings. The molecule has 9 heteroatoms. The molecule has 0 aliphatic carbocycles. The molecule has 1 heterocycles. The van der Waals surface area contributed by atoms with Crippen molar-refractivity contribution in [1.29, 1.82) is 0 Å². The Morgan fingerprint density at radius 2 is 1.40 bits per heavy atom. The minimum Gasteiger partial charge on any atom is -0.301 e. The first kappa shape index (κ1) is 22.7. The lowest BCUT2D eigenvalue weighted by Gasteiger charge is -2.34. The van der Waals surface area contributed by atoms with Gasteiger partial charge in [-0.05, 0) is 54.9 Å². The number of rotatable bonds is 7. The van der Waals surface area contributed by atoms with E-state index < -0.39 is 27.4 Å². The van der Waals surface area contributed by atoms with Gasteiger partial charge in [0.25, 0.3) is 0 Å². The van der Waals surface area contributed by atoms with Crippen molar-refractivity contribution in [3.63, 3.8) is 0 Å². The van der Waals surface area contributed by atoms with E-state index in [4.69, 9.17) is 0 Å². The van der Waals surface area contributed by atoms with Crippen LogP contribution in [-0.4, -0.2) is 56.7 Å². The van der Waals surface area contributed by atoms with Crippen LogP contribution in [0.5, 0.6) is 0 Å². The monoisotopic (exact) mass is 444 g/mol. The summed E-state index contributed by atoms with van der Waals surface area (Å²) in [6, 6.07) is 10.1. The molecule has 1 aliphatic heterocycles. The summed E-state index contributed by atoms with van der Waals surface area (Å²) in [6.45, 7) is 4.32. The number of sulfone groups is 1. The third kappa shape index (κ3) is 6.26. The van der Waals surface area contributed by atoms with Gasteiger partial charge in [-0.1, -0.05) is 12.1 Å². The highest BCUT2D eigenvalue weighted by molar-refractivity contribution is 7.91. The number of hydrogen-bond acceptors (Lipinski definition) is 4. The predicted molar refractivity (Wildman–Crippen MR) is 106 cm³/mol. The van der Waals surface area contributed by atoms with Crippen LogP contribution in [0, 0.1) is 5.82 Å². The Hall–Kier alpha value is -1.97. The second-order valence-corrected chi connectivity index (χ2v) is 9.55. The maximum absolute atomic E-state index is 13.0. The zero-order valence-corrected chi connectivity index (χ0v) is 17.2. The lowest BCUT2D eigenvalue weighted by Crippen LogP contribution is -2.46. The highest BCUT2D eigenvalue weighted by Crippen LogP contribution is 2.29. The Morgan fingerprint density at radius 1 is 0.833 bits per heavy atom. The Morgan fingerprint density at radius 3 is 1.97 bits per heavy atom. The summed E-state index contributed by atoms with van der Waals surface area (Å²) < 4.78 is 75.5. The van der Waals surface area contributed by atoms with Crippen LogP contribution in [0.4, 0.5) is 17.6 Å². The number of piperazine rings is 1. The van der Waals surface area contributed by atoms with E-state index in [1.807, 2.05) is 0 Å². The fraction of sp³-hybridized carbons (Fsp3) is 0.429. The Bertz CT molecular complexity index is 921. The third-order valence-corrected chi connectivity index (χ3v) is 7.03. The molecular formula is C21H24F4N2O2S. The second kappa shape index (κ2) is 9.45. The number of hydrogen-bond donors (Lipinski definition) is 0. The van der Waals surface area contributed by atoms with Crippen molar-refractivity contribution in [3.05, 3.63) is 65.5 Å². The summed E-state index contributed by atoms with van der Waals surface area (Å²) in [5, 5.41) is 0. The van der Waals surface area contributed by atoms with E-state index in [1.54, 1.807) is 0 Å². The minimum atomic E-state index is -4.33. The molecule has 0 amide bonds. The van der Waals surface area contributed by atoms with Crippen molar-refractivity contribution in [2.75, 3.05) is 38.5 Å². The molecule has 0 saturated carbocycles. The van der Waals surface area contributed by atoms with Crippen molar-refractivity contribution in [2.45, 2.75) is 24.0 Å². The van der Waals surface area contributed by atoms with Gasteiger partial charge in [-0.2, -0.15) is 13.2 Å². The van der Waals surface area contributed by atoms with Crippen molar-refractivity contribution >= 4 is 9.84 Å². The van der Waals surface area contributed by atoms with Crippen LogP contribution in [0.1, 0.15) is 17.5 Å². The number of nitrogens with zero attached hydrogens (tertiary/aromatic N) is 2. The topological polar surface area (TPSA) is 40.6 Å². The molecular weight excluding hydrogens is 420 g/mol. The second-order valence-electron chi connectivity index (χ2n) is 7.44. The quantitative estimate of drug-likeness (QED) is 0.481. The van der Waals surface area contributed by atoms with E-state index in [0.29, 0.717) is 19.5 Å². The fourth-order valence-corrected chi connectivity index (χ4v) is 4.76. The van der Waals surface area contributed by atoms with Crippen molar-refractivity contribution < 1.29 is 26.0 Å². The Kier molecular flexibility index (Phi) is 7.15. The number of halogens is 4. The number of alkyl halides is 3. The first-order valence-corrected chi connectivity index (χ1v) is 11.4. The molecule has 1 saturated heterocycles. The summed E-state index contributed by atoms with van der Waals surface area (Å²) in [6.07, 6.45) is -3.84. The maximum Gasteiger partial charge on any atom is 0.416 e. The molecule has 164 valence electrons. The highest BCUT2D eigenvalue weighted by Gasteiger charge is 2.30. The van der Waals surface area contributed by atoms with Crippen LogP contribution < -0.4 is 0 Å². The van der Waals surface area contributed by atoms with Crippen LogP contribution in [0.25, 0.3) is 0 Å². The third-order valence-electron chi connectivity index (χ3n) is 5.21. The molecule has 0 atom stereocenters. The van der Waals surface area contributed by atoms with Crippen LogP contribution in [0.3, 0.4) is 0 Å². The molecule has 0 N–H and O–H groups in total. The van der Waals surface area contributed by atoms with Gasteiger partial charge in [-0.15, -0.1) is 0 Å². The summed E-state index contributed by atoms with van der Waals surface area (Å²) in [5.41, 5.74) is 0.188. The molecule has 0 spiro atoms. The van der Waals surface area contributed by atoms with Gasteiger partial charge in [0.05, 0.1) is 16.2 Å². The van der Waals surface area contributed by atoms with Crippen molar-refractivity contribution in [2.24, 2.45) is 0 Å². The zero-order chi connectivity index (χ0) is 21.8. The van der Waals surface area contributed by atoms with Crippen LogP contribution in [0.2, 0.25) is 0 Å². The lowest BCUT2D eigenvalue weighted by molar-refractivity contribution is -0.137. The van der Waals surface area contributed by atoms with E-state index in [-0.39, 0.29) is 10.6 Å². The van der Waals surface area contributed by atoms with E-state index >= 15 is 0 Å². The van der Waals surface area contributed by atoms with Gasteiger partial charge in [0.1, 0.15) is 5.82 Å². The fourth-order valence-electron chi connectivity index (χ4n) is 3.47. The maximum atomic E-state index is 13.0. The van der Waals surface area contributed by atoms with E-state index in [1.165, 1.54) is 24.3 Å². The first-order chi connectivity index (χ1) is 14.1.